The van der Waals surface area contributed by atoms with E-state index < -0.39 is 10.0 Å². The number of nitrogens with one attached hydrogen (secondary N) is 2. The van der Waals surface area contributed by atoms with Crippen molar-refractivity contribution >= 4 is 38.4 Å². The standard InChI is InChI=1S/C20H20N6O4S/c1-26-11-18(21-12-26)31(27,28)25-20-19(23-16-6-4-5-7-17(16)24-20)22-13-8-14(29-2)10-15(9-13)30-3/h4-12H,1-3H3,(H,22,23)(H,24,25). The number of imidazole rings is 1. The van der Waals surface area contributed by atoms with Crippen LogP contribution in [0.5, 0.6) is 11.5 Å². The normalized spacial score (nSPS) is 11.3. The second kappa shape index (κ2) is 8.11. The Morgan fingerprint density at radius 2 is 1.55 bits per heavy atom. The molecule has 0 radical (unpaired) electrons. The van der Waals surface area contributed by atoms with Gasteiger partial charge in [0, 0.05) is 37.1 Å². The first-order chi connectivity index (χ1) is 14.9. The van der Waals surface area contributed by atoms with E-state index in [2.05, 4.69) is 25.0 Å². The molecule has 10 nitrogen and oxygen atoms in total. The Balaban J connectivity index is 1.79. The van der Waals surface area contributed by atoms with Crippen molar-refractivity contribution in [2.75, 3.05) is 24.3 Å². The van der Waals surface area contributed by atoms with Gasteiger partial charge in [0.2, 0.25) is 0 Å². The Morgan fingerprint density at radius 1 is 0.935 bits per heavy atom. The minimum atomic E-state index is -3.98. The van der Waals surface area contributed by atoms with Gasteiger partial charge in [-0.3, -0.25) is 4.72 Å². The monoisotopic (exact) mass is 440 g/mol. The summed E-state index contributed by atoms with van der Waals surface area (Å²) in [5.74, 6) is 1.37. The van der Waals surface area contributed by atoms with Gasteiger partial charge >= 0.3 is 0 Å². The lowest BCUT2D eigenvalue weighted by molar-refractivity contribution is 0.395. The van der Waals surface area contributed by atoms with Gasteiger partial charge < -0.3 is 19.4 Å². The number of fused-ring (bicyclic) bond motifs is 1. The molecular weight excluding hydrogens is 420 g/mol. The topological polar surface area (TPSA) is 120 Å². The summed E-state index contributed by atoms with van der Waals surface area (Å²) >= 11 is 0. The molecule has 0 spiro atoms. The highest BCUT2D eigenvalue weighted by Gasteiger charge is 2.21. The van der Waals surface area contributed by atoms with Crippen molar-refractivity contribution in [1.29, 1.82) is 0 Å². The smallest absolute Gasteiger partial charge is 0.282 e. The van der Waals surface area contributed by atoms with Gasteiger partial charge in [-0.2, -0.15) is 8.42 Å². The number of sulfonamides is 1. The second-order valence-electron chi connectivity index (χ2n) is 6.62. The highest BCUT2D eigenvalue weighted by molar-refractivity contribution is 7.92. The predicted molar refractivity (Wildman–Crippen MR) is 116 cm³/mol. The lowest BCUT2D eigenvalue weighted by Crippen LogP contribution is -2.16. The Labute approximate surface area is 178 Å². The van der Waals surface area contributed by atoms with Gasteiger partial charge in [-0.25, -0.2) is 15.0 Å². The molecule has 0 amide bonds. The molecule has 4 rings (SSSR count). The minimum absolute atomic E-state index is 0.0335. The van der Waals surface area contributed by atoms with E-state index in [4.69, 9.17) is 9.47 Å². The number of hydrogen-bond donors (Lipinski definition) is 2. The number of rotatable bonds is 7. The predicted octanol–water partition coefficient (Wildman–Crippen LogP) is 2.92. The quantitative estimate of drug-likeness (QED) is 0.450. The third-order valence-electron chi connectivity index (χ3n) is 4.37. The zero-order valence-electron chi connectivity index (χ0n) is 17.0. The average molecular weight is 440 g/mol. The third-order valence-corrected chi connectivity index (χ3v) is 5.60. The van der Waals surface area contributed by atoms with E-state index in [-0.39, 0.29) is 16.7 Å². The van der Waals surface area contributed by atoms with Crippen LogP contribution in [0.25, 0.3) is 11.0 Å². The number of nitrogens with zero attached hydrogens (tertiary/aromatic N) is 4. The maximum atomic E-state index is 12.8. The van der Waals surface area contributed by atoms with Crippen molar-refractivity contribution in [2.45, 2.75) is 5.03 Å². The van der Waals surface area contributed by atoms with Crippen molar-refractivity contribution in [2.24, 2.45) is 7.05 Å². The maximum Gasteiger partial charge on any atom is 0.282 e. The first kappa shape index (κ1) is 20.4. The molecule has 11 heteroatoms. The Bertz CT molecular complexity index is 1330. The number of methoxy groups -OCH3 is 2. The summed E-state index contributed by atoms with van der Waals surface area (Å²) in [6, 6.07) is 12.4. The van der Waals surface area contributed by atoms with Gasteiger partial charge in [-0.05, 0) is 12.1 Å². The van der Waals surface area contributed by atoms with E-state index in [0.29, 0.717) is 28.2 Å². The van der Waals surface area contributed by atoms with E-state index in [9.17, 15) is 8.42 Å². The molecule has 2 heterocycles. The summed E-state index contributed by atoms with van der Waals surface area (Å²) in [5.41, 5.74) is 1.72. The van der Waals surface area contributed by atoms with Gasteiger partial charge in [0.15, 0.2) is 16.7 Å². The molecule has 0 aliphatic carbocycles. The fourth-order valence-corrected chi connectivity index (χ4v) is 3.87. The van der Waals surface area contributed by atoms with Crippen LogP contribution < -0.4 is 19.5 Å². The highest BCUT2D eigenvalue weighted by atomic mass is 32.2. The number of anilines is 3. The van der Waals surface area contributed by atoms with Crippen LogP contribution in [-0.2, 0) is 17.1 Å². The number of aryl methyl sites for hydroxylation is 1. The molecule has 160 valence electrons. The van der Waals surface area contributed by atoms with Gasteiger partial charge in [0.1, 0.15) is 11.5 Å². The molecule has 0 atom stereocenters. The fourth-order valence-electron chi connectivity index (χ4n) is 2.88. The molecule has 2 aromatic carbocycles. The lowest BCUT2D eigenvalue weighted by Gasteiger charge is -2.14. The summed E-state index contributed by atoms with van der Waals surface area (Å²) < 4.78 is 40.3. The molecule has 0 saturated carbocycles. The van der Waals surface area contributed by atoms with Crippen LogP contribution in [0.2, 0.25) is 0 Å². The zero-order chi connectivity index (χ0) is 22.0. The molecular formula is C20H20N6O4S. The van der Waals surface area contributed by atoms with Crippen LogP contribution in [-0.4, -0.2) is 42.2 Å². The van der Waals surface area contributed by atoms with Crippen molar-refractivity contribution in [1.82, 2.24) is 19.5 Å². The van der Waals surface area contributed by atoms with E-state index in [1.807, 2.05) is 6.07 Å². The summed E-state index contributed by atoms with van der Waals surface area (Å²) in [6.07, 6.45) is 2.80. The summed E-state index contributed by atoms with van der Waals surface area (Å²) in [4.78, 5) is 12.9. The SMILES string of the molecule is COc1cc(Nc2nc3ccccc3nc2NS(=O)(=O)c2cn(C)cn2)cc(OC)c1. The average Bonchev–Trinajstić information content (AvgIpc) is 3.21. The van der Waals surface area contributed by atoms with E-state index in [1.54, 1.807) is 62.2 Å². The van der Waals surface area contributed by atoms with Crippen LogP contribution in [0.3, 0.4) is 0 Å². The van der Waals surface area contributed by atoms with E-state index in [0.717, 1.165) is 0 Å². The number of ether oxygens (including phenoxy) is 2. The van der Waals surface area contributed by atoms with Crippen molar-refractivity contribution in [3.63, 3.8) is 0 Å². The Hall–Kier alpha value is -3.86. The Morgan fingerprint density at radius 3 is 2.10 bits per heavy atom. The maximum absolute atomic E-state index is 12.8. The van der Waals surface area contributed by atoms with Crippen LogP contribution in [0.15, 0.2) is 60.0 Å². The van der Waals surface area contributed by atoms with Crippen molar-refractivity contribution in [3.05, 3.63) is 55.0 Å². The van der Waals surface area contributed by atoms with Gasteiger partial charge in [-0.15, -0.1) is 0 Å². The second-order valence-corrected chi connectivity index (χ2v) is 8.25. The first-order valence-corrected chi connectivity index (χ1v) is 10.6. The van der Waals surface area contributed by atoms with E-state index >= 15 is 0 Å². The largest absolute Gasteiger partial charge is 0.497 e. The first-order valence-electron chi connectivity index (χ1n) is 9.15. The summed E-state index contributed by atoms with van der Waals surface area (Å²) in [7, 11) is 0.795. The van der Waals surface area contributed by atoms with E-state index in [1.165, 1.54) is 12.5 Å². The molecule has 0 fully saturated rings. The molecule has 0 aliphatic heterocycles. The van der Waals surface area contributed by atoms with Gasteiger partial charge in [0.25, 0.3) is 10.0 Å². The number of aromatic nitrogens is 4. The summed E-state index contributed by atoms with van der Waals surface area (Å²) in [5, 5.41) is 2.98. The lowest BCUT2D eigenvalue weighted by atomic mass is 10.2. The highest BCUT2D eigenvalue weighted by Crippen LogP contribution is 2.31. The third kappa shape index (κ3) is 4.36. The molecule has 0 aliphatic rings. The molecule has 0 unspecified atom stereocenters. The molecule has 0 saturated heterocycles. The molecule has 0 bridgehead atoms. The summed E-state index contributed by atoms with van der Waals surface area (Å²) in [6.45, 7) is 0. The Kier molecular flexibility index (Phi) is 5.34. The fraction of sp³-hybridized carbons (Fsp3) is 0.150. The molecule has 31 heavy (non-hydrogen) atoms. The molecule has 2 N–H and O–H groups in total. The zero-order valence-corrected chi connectivity index (χ0v) is 17.8. The minimum Gasteiger partial charge on any atom is -0.497 e. The molecule has 2 aromatic heterocycles. The van der Waals surface area contributed by atoms with Crippen LogP contribution in [0.1, 0.15) is 0 Å². The van der Waals surface area contributed by atoms with Crippen LogP contribution in [0, 0.1) is 0 Å². The van der Waals surface area contributed by atoms with Gasteiger partial charge in [0.05, 0.1) is 31.6 Å². The van der Waals surface area contributed by atoms with Crippen molar-refractivity contribution < 1.29 is 17.9 Å². The molecule has 4 aromatic rings. The number of hydrogen-bond acceptors (Lipinski definition) is 8. The number of para-hydroxylation sites is 2. The number of benzene rings is 2. The van der Waals surface area contributed by atoms with Crippen molar-refractivity contribution in [3.8, 4) is 11.5 Å². The van der Waals surface area contributed by atoms with Crippen LogP contribution >= 0.6 is 0 Å². The van der Waals surface area contributed by atoms with Gasteiger partial charge in [-0.1, -0.05) is 12.1 Å². The van der Waals surface area contributed by atoms with Crippen LogP contribution in [0.4, 0.5) is 17.3 Å².